The first kappa shape index (κ1) is 16.5. The first-order valence-corrected chi connectivity index (χ1v) is 8.89. The maximum absolute atomic E-state index is 12.4. The van der Waals surface area contributed by atoms with Gasteiger partial charge in [0.15, 0.2) is 0 Å². The Kier molecular flexibility index (Phi) is 4.28. The van der Waals surface area contributed by atoms with Crippen LogP contribution in [0.1, 0.15) is 28.4 Å². The van der Waals surface area contributed by atoms with Crippen molar-refractivity contribution in [2.45, 2.75) is 20.3 Å². The third-order valence-electron chi connectivity index (χ3n) is 4.78. The molecule has 7 nitrogen and oxygen atoms in total. The van der Waals surface area contributed by atoms with Gasteiger partial charge in [-0.2, -0.15) is 4.98 Å². The average Bonchev–Trinajstić information content (AvgIpc) is 3.27. The molecule has 1 N–H and O–H groups in total. The summed E-state index contributed by atoms with van der Waals surface area (Å²) in [6.07, 6.45) is 1.06. The summed E-state index contributed by atoms with van der Waals surface area (Å²) in [5.41, 5.74) is 3.01. The van der Waals surface area contributed by atoms with E-state index in [1.165, 1.54) is 5.69 Å². The number of nitrogens with zero attached hydrogens (tertiary/aromatic N) is 5. The zero-order chi connectivity index (χ0) is 18.1. The van der Waals surface area contributed by atoms with Crippen LogP contribution in [0.15, 0.2) is 36.4 Å². The smallest absolute Gasteiger partial charge is 0.291 e. The summed E-state index contributed by atoms with van der Waals surface area (Å²) in [6, 6.07) is 12.3. The van der Waals surface area contributed by atoms with Crippen molar-refractivity contribution in [2.75, 3.05) is 24.5 Å². The van der Waals surface area contributed by atoms with E-state index in [2.05, 4.69) is 49.5 Å². The lowest BCUT2D eigenvalue weighted by atomic mass is 10.1. The zero-order valence-electron chi connectivity index (χ0n) is 15.0. The molecule has 0 saturated carbocycles. The molecular weight excluding hydrogens is 328 g/mol. The molecule has 1 aliphatic rings. The topological polar surface area (TPSA) is 75.4 Å². The molecule has 4 rings (SSSR count). The van der Waals surface area contributed by atoms with Gasteiger partial charge >= 0.3 is 0 Å². The van der Waals surface area contributed by atoms with Crippen LogP contribution in [0, 0.1) is 19.8 Å². The summed E-state index contributed by atoms with van der Waals surface area (Å²) in [5.74, 6) is 0.817. The second-order valence-electron chi connectivity index (χ2n) is 6.83. The number of rotatable bonds is 4. The second-order valence-corrected chi connectivity index (χ2v) is 6.83. The Morgan fingerprint density at radius 1 is 1.23 bits per heavy atom. The highest BCUT2D eigenvalue weighted by molar-refractivity contribution is 5.90. The molecule has 3 heterocycles. The van der Waals surface area contributed by atoms with E-state index in [9.17, 15) is 4.79 Å². The van der Waals surface area contributed by atoms with Gasteiger partial charge in [0, 0.05) is 36.7 Å². The summed E-state index contributed by atoms with van der Waals surface area (Å²) >= 11 is 0. The van der Waals surface area contributed by atoms with Gasteiger partial charge in [0.2, 0.25) is 5.82 Å². The van der Waals surface area contributed by atoms with Crippen LogP contribution in [0.3, 0.4) is 0 Å². The highest BCUT2D eigenvalue weighted by Gasteiger charge is 2.24. The van der Waals surface area contributed by atoms with Crippen LogP contribution in [0.2, 0.25) is 0 Å². The van der Waals surface area contributed by atoms with Gasteiger partial charge < -0.3 is 10.2 Å². The fraction of sp³-hybridized carbons (Fsp3) is 0.368. The molecule has 7 heteroatoms. The number of carbonyl (C=O) groups excluding carboxylic acids is 1. The Bertz CT molecular complexity index is 936. The Balaban J connectivity index is 1.38. The van der Waals surface area contributed by atoms with E-state index in [0.717, 1.165) is 30.9 Å². The van der Waals surface area contributed by atoms with E-state index in [1.54, 1.807) is 4.52 Å². The van der Waals surface area contributed by atoms with Crippen LogP contribution >= 0.6 is 0 Å². The molecular formula is C19H22N6O. The molecule has 134 valence electrons. The lowest BCUT2D eigenvalue weighted by molar-refractivity contribution is 0.0938. The van der Waals surface area contributed by atoms with Crippen molar-refractivity contribution in [1.82, 2.24) is 24.9 Å². The van der Waals surface area contributed by atoms with E-state index < -0.39 is 0 Å². The standard InChI is InChI=1S/C19H22N6O/c1-13-10-14(2)25-19(21-13)22-17(23-25)18(26)20-11-15-8-9-24(12-15)16-6-4-3-5-7-16/h3-7,10,15H,8-9,11-12H2,1-2H3,(H,20,26). The summed E-state index contributed by atoms with van der Waals surface area (Å²) in [5, 5.41) is 7.26. The number of anilines is 1. The molecule has 0 aliphatic carbocycles. The average molecular weight is 350 g/mol. The number of hydrogen-bond acceptors (Lipinski definition) is 5. The van der Waals surface area contributed by atoms with Crippen LogP contribution in [-0.4, -0.2) is 45.1 Å². The van der Waals surface area contributed by atoms with Gasteiger partial charge in [0.25, 0.3) is 11.7 Å². The van der Waals surface area contributed by atoms with E-state index in [4.69, 9.17) is 0 Å². The van der Waals surface area contributed by atoms with Crippen LogP contribution in [0.5, 0.6) is 0 Å². The molecule has 1 amide bonds. The zero-order valence-corrected chi connectivity index (χ0v) is 15.0. The number of amides is 1. The number of aromatic nitrogens is 4. The molecule has 3 aromatic rings. The number of nitrogens with one attached hydrogen (secondary N) is 1. The number of aryl methyl sites for hydroxylation is 2. The SMILES string of the molecule is Cc1cc(C)n2nc(C(=O)NCC3CCN(c4ccccc4)C3)nc2n1. The van der Waals surface area contributed by atoms with Crippen LogP contribution in [0.25, 0.3) is 5.78 Å². The molecule has 1 aliphatic heterocycles. The molecule has 1 fully saturated rings. The van der Waals surface area contributed by atoms with E-state index in [0.29, 0.717) is 18.2 Å². The minimum atomic E-state index is -0.245. The van der Waals surface area contributed by atoms with Crippen molar-refractivity contribution in [2.24, 2.45) is 5.92 Å². The Morgan fingerprint density at radius 2 is 2.04 bits per heavy atom. The predicted molar refractivity (Wildman–Crippen MR) is 99.4 cm³/mol. The van der Waals surface area contributed by atoms with Gasteiger partial charge in [-0.15, -0.1) is 5.10 Å². The van der Waals surface area contributed by atoms with Crippen molar-refractivity contribution in [3.8, 4) is 0 Å². The van der Waals surface area contributed by atoms with Crippen LogP contribution < -0.4 is 10.2 Å². The Hall–Kier alpha value is -2.96. The van der Waals surface area contributed by atoms with Gasteiger partial charge in [0.05, 0.1) is 0 Å². The minimum absolute atomic E-state index is 0.170. The molecule has 2 aromatic heterocycles. The molecule has 1 unspecified atom stereocenters. The maximum Gasteiger partial charge on any atom is 0.291 e. The largest absolute Gasteiger partial charge is 0.371 e. The molecule has 0 bridgehead atoms. The van der Waals surface area contributed by atoms with E-state index in [-0.39, 0.29) is 11.7 Å². The number of hydrogen-bond donors (Lipinski definition) is 1. The van der Waals surface area contributed by atoms with Gasteiger partial charge in [0.1, 0.15) is 0 Å². The van der Waals surface area contributed by atoms with Crippen molar-refractivity contribution in [1.29, 1.82) is 0 Å². The quantitative estimate of drug-likeness (QED) is 0.779. The first-order chi connectivity index (χ1) is 12.6. The lowest BCUT2D eigenvalue weighted by Crippen LogP contribution is -2.31. The van der Waals surface area contributed by atoms with Gasteiger partial charge in [-0.3, -0.25) is 4.79 Å². The molecule has 0 radical (unpaired) electrons. The summed E-state index contributed by atoms with van der Waals surface area (Å²) in [4.78, 5) is 23.4. The first-order valence-electron chi connectivity index (χ1n) is 8.89. The lowest BCUT2D eigenvalue weighted by Gasteiger charge is -2.18. The van der Waals surface area contributed by atoms with Gasteiger partial charge in [-0.25, -0.2) is 9.50 Å². The van der Waals surface area contributed by atoms with E-state index in [1.807, 2.05) is 26.0 Å². The van der Waals surface area contributed by atoms with Gasteiger partial charge in [-0.1, -0.05) is 18.2 Å². The fourth-order valence-corrected chi connectivity index (χ4v) is 3.45. The normalized spacial score (nSPS) is 17.0. The fourth-order valence-electron chi connectivity index (χ4n) is 3.45. The predicted octanol–water partition coefficient (Wildman–Crippen LogP) is 2.00. The summed E-state index contributed by atoms with van der Waals surface area (Å²) < 4.78 is 1.61. The second kappa shape index (κ2) is 6.74. The van der Waals surface area contributed by atoms with Crippen molar-refractivity contribution in [3.63, 3.8) is 0 Å². The minimum Gasteiger partial charge on any atom is -0.371 e. The van der Waals surface area contributed by atoms with E-state index >= 15 is 0 Å². The summed E-state index contributed by atoms with van der Waals surface area (Å²) in [6.45, 7) is 6.42. The molecule has 1 aromatic carbocycles. The van der Waals surface area contributed by atoms with Crippen molar-refractivity contribution in [3.05, 3.63) is 53.6 Å². The number of carbonyl (C=O) groups is 1. The molecule has 26 heavy (non-hydrogen) atoms. The maximum atomic E-state index is 12.4. The Morgan fingerprint density at radius 3 is 2.85 bits per heavy atom. The number of para-hydroxylation sites is 1. The van der Waals surface area contributed by atoms with Crippen LogP contribution in [-0.2, 0) is 0 Å². The number of benzene rings is 1. The van der Waals surface area contributed by atoms with Crippen molar-refractivity contribution < 1.29 is 4.79 Å². The van der Waals surface area contributed by atoms with Crippen LogP contribution in [0.4, 0.5) is 5.69 Å². The monoisotopic (exact) mass is 350 g/mol. The molecule has 1 saturated heterocycles. The highest BCUT2D eigenvalue weighted by Crippen LogP contribution is 2.23. The molecule has 1 atom stereocenters. The molecule has 0 spiro atoms. The third-order valence-corrected chi connectivity index (χ3v) is 4.78. The number of fused-ring (bicyclic) bond motifs is 1. The van der Waals surface area contributed by atoms with Crippen molar-refractivity contribution >= 4 is 17.4 Å². The third kappa shape index (κ3) is 3.24. The van der Waals surface area contributed by atoms with Gasteiger partial charge in [-0.05, 0) is 44.4 Å². The Labute approximate surface area is 152 Å². The highest BCUT2D eigenvalue weighted by atomic mass is 16.2. The summed E-state index contributed by atoms with van der Waals surface area (Å²) in [7, 11) is 0.